The lowest BCUT2D eigenvalue weighted by Gasteiger charge is -2.10. The smallest absolute Gasteiger partial charge is 0.0754 e. The fraction of sp³-hybridized carbons (Fsp3) is 0.833. The van der Waals surface area contributed by atoms with Gasteiger partial charge in [0, 0.05) is 19.0 Å². The van der Waals surface area contributed by atoms with Crippen molar-refractivity contribution in [2.45, 2.75) is 6.42 Å². The molecular formula is C6H10N2O. The van der Waals surface area contributed by atoms with Gasteiger partial charge in [-0.1, -0.05) is 5.16 Å². The average Bonchev–Trinajstić information content (AvgIpc) is 2.45. The number of hydrogen-bond acceptors (Lipinski definition) is 3. The highest BCUT2D eigenvalue weighted by Crippen LogP contribution is 2.24. The van der Waals surface area contributed by atoms with Crippen LogP contribution in [0.2, 0.25) is 0 Å². The van der Waals surface area contributed by atoms with Gasteiger partial charge >= 0.3 is 0 Å². The van der Waals surface area contributed by atoms with Crippen molar-refractivity contribution in [3.05, 3.63) is 0 Å². The molecule has 0 saturated carbocycles. The Labute approximate surface area is 54.0 Å². The topological polar surface area (TPSA) is 35.8 Å². The van der Waals surface area contributed by atoms with E-state index in [4.69, 9.17) is 5.21 Å². The van der Waals surface area contributed by atoms with E-state index < -0.39 is 0 Å². The van der Waals surface area contributed by atoms with Crippen LogP contribution < -0.4 is 0 Å². The molecular weight excluding hydrogens is 116 g/mol. The predicted molar refractivity (Wildman–Crippen MR) is 33.8 cm³/mol. The zero-order chi connectivity index (χ0) is 6.27. The highest BCUT2D eigenvalue weighted by atomic mass is 16.4. The van der Waals surface area contributed by atoms with Crippen molar-refractivity contribution in [1.29, 1.82) is 0 Å². The Morgan fingerprint density at radius 1 is 1.67 bits per heavy atom. The number of piperidine rings is 1. The molecule has 2 aliphatic rings. The van der Waals surface area contributed by atoms with Gasteiger partial charge in [-0.3, -0.25) is 4.90 Å². The Hall–Kier alpha value is -0.570. The van der Waals surface area contributed by atoms with Crippen molar-refractivity contribution in [3.63, 3.8) is 0 Å². The number of hydrogen-bond donors (Lipinski definition) is 1. The second-order valence-corrected chi connectivity index (χ2v) is 2.81. The summed E-state index contributed by atoms with van der Waals surface area (Å²) < 4.78 is 0. The van der Waals surface area contributed by atoms with Crippen LogP contribution in [0.5, 0.6) is 0 Å². The van der Waals surface area contributed by atoms with Gasteiger partial charge < -0.3 is 5.21 Å². The summed E-state index contributed by atoms with van der Waals surface area (Å²) in [5.41, 5.74) is 0.987. The van der Waals surface area contributed by atoms with E-state index >= 15 is 0 Å². The van der Waals surface area contributed by atoms with Crippen LogP contribution in [0, 0.1) is 5.92 Å². The van der Waals surface area contributed by atoms with Gasteiger partial charge in [-0.05, 0) is 13.0 Å². The SMILES string of the molecule is O/N=C1\CN2CC[C@@H]1C2. The van der Waals surface area contributed by atoms with Crippen molar-refractivity contribution in [2.24, 2.45) is 11.1 Å². The van der Waals surface area contributed by atoms with Crippen molar-refractivity contribution >= 4 is 5.71 Å². The largest absolute Gasteiger partial charge is 0.411 e. The van der Waals surface area contributed by atoms with Crippen LogP contribution >= 0.6 is 0 Å². The van der Waals surface area contributed by atoms with Crippen molar-refractivity contribution < 1.29 is 5.21 Å². The third-order valence-corrected chi connectivity index (χ3v) is 2.26. The first-order chi connectivity index (χ1) is 4.40. The molecule has 0 amide bonds. The number of fused-ring (bicyclic) bond motifs is 2. The molecule has 0 radical (unpaired) electrons. The predicted octanol–water partition coefficient (Wildman–Crippen LogP) is 0.152. The van der Waals surface area contributed by atoms with E-state index in [1.807, 2.05) is 0 Å². The van der Waals surface area contributed by atoms with Crippen molar-refractivity contribution in [3.8, 4) is 0 Å². The quantitative estimate of drug-likeness (QED) is 0.370. The van der Waals surface area contributed by atoms with Crippen LogP contribution in [0.15, 0.2) is 5.16 Å². The minimum Gasteiger partial charge on any atom is -0.411 e. The second kappa shape index (κ2) is 1.70. The van der Waals surface area contributed by atoms with Gasteiger partial charge in [-0.2, -0.15) is 0 Å². The Bertz CT molecular complexity index is 155. The molecule has 2 bridgehead atoms. The van der Waals surface area contributed by atoms with E-state index in [-0.39, 0.29) is 0 Å². The fourth-order valence-electron chi connectivity index (χ4n) is 1.72. The Balaban J connectivity index is 2.18. The van der Waals surface area contributed by atoms with Gasteiger partial charge in [0.25, 0.3) is 0 Å². The summed E-state index contributed by atoms with van der Waals surface area (Å²) in [6, 6.07) is 0. The van der Waals surface area contributed by atoms with Crippen molar-refractivity contribution in [1.82, 2.24) is 4.90 Å². The normalized spacial score (nSPS) is 44.7. The number of oxime groups is 1. The summed E-state index contributed by atoms with van der Waals surface area (Å²) in [5, 5.41) is 11.7. The molecule has 0 aliphatic carbocycles. The third-order valence-electron chi connectivity index (χ3n) is 2.26. The molecule has 0 spiro atoms. The lowest BCUT2D eigenvalue weighted by molar-refractivity contribution is 0.312. The maximum Gasteiger partial charge on any atom is 0.0754 e. The minimum absolute atomic E-state index is 0.579. The number of nitrogens with zero attached hydrogens (tertiary/aromatic N) is 2. The Morgan fingerprint density at radius 3 is 2.89 bits per heavy atom. The van der Waals surface area contributed by atoms with Gasteiger partial charge in [-0.15, -0.1) is 0 Å². The molecule has 3 heteroatoms. The summed E-state index contributed by atoms with van der Waals surface area (Å²) in [4.78, 5) is 2.32. The molecule has 2 atom stereocenters. The number of rotatable bonds is 0. The molecule has 2 heterocycles. The van der Waals surface area contributed by atoms with Gasteiger partial charge in [0.1, 0.15) is 0 Å². The van der Waals surface area contributed by atoms with E-state index in [1.54, 1.807) is 0 Å². The van der Waals surface area contributed by atoms with Crippen LogP contribution in [0.3, 0.4) is 0 Å². The zero-order valence-corrected chi connectivity index (χ0v) is 5.25. The molecule has 2 aliphatic heterocycles. The molecule has 0 aromatic heterocycles. The first-order valence-electron chi connectivity index (χ1n) is 3.33. The Kier molecular flexibility index (Phi) is 0.990. The third kappa shape index (κ3) is 0.645. The van der Waals surface area contributed by atoms with E-state index in [0.717, 1.165) is 18.8 Å². The molecule has 0 aromatic carbocycles. The fourth-order valence-corrected chi connectivity index (χ4v) is 1.72. The van der Waals surface area contributed by atoms with Crippen LogP contribution in [0.1, 0.15) is 6.42 Å². The molecule has 0 aromatic rings. The first kappa shape index (κ1) is 5.23. The standard InChI is InChI=1S/C6H10N2O/c9-7-6-4-8-2-1-5(6)3-8/h5,9H,1-4H2/b7-6+/t5-/m1/s1. The summed E-state index contributed by atoms with van der Waals surface area (Å²) in [5.74, 6) is 0.579. The molecule has 3 nitrogen and oxygen atoms in total. The first-order valence-corrected chi connectivity index (χ1v) is 3.33. The van der Waals surface area contributed by atoms with Crippen molar-refractivity contribution in [2.75, 3.05) is 19.6 Å². The van der Waals surface area contributed by atoms with E-state index in [2.05, 4.69) is 10.1 Å². The Morgan fingerprint density at radius 2 is 2.56 bits per heavy atom. The van der Waals surface area contributed by atoms with E-state index in [1.165, 1.54) is 13.0 Å². The van der Waals surface area contributed by atoms with Gasteiger partial charge in [0.2, 0.25) is 0 Å². The minimum atomic E-state index is 0.579. The van der Waals surface area contributed by atoms with Gasteiger partial charge in [-0.25, -0.2) is 0 Å². The van der Waals surface area contributed by atoms with Gasteiger partial charge in [0.05, 0.1) is 5.71 Å². The maximum atomic E-state index is 8.45. The lowest BCUT2D eigenvalue weighted by atomic mass is 10.0. The van der Waals surface area contributed by atoms with Crippen LogP contribution in [0.4, 0.5) is 0 Å². The highest BCUT2D eigenvalue weighted by Gasteiger charge is 2.34. The lowest BCUT2D eigenvalue weighted by Crippen LogP contribution is -2.23. The highest BCUT2D eigenvalue weighted by molar-refractivity contribution is 5.90. The monoisotopic (exact) mass is 126 g/mol. The molecule has 2 rings (SSSR count). The average molecular weight is 126 g/mol. The molecule has 1 N–H and O–H groups in total. The molecule has 50 valence electrons. The second-order valence-electron chi connectivity index (χ2n) is 2.81. The van der Waals surface area contributed by atoms with E-state index in [0.29, 0.717) is 5.92 Å². The molecule has 1 unspecified atom stereocenters. The maximum absolute atomic E-state index is 8.45. The van der Waals surface area contributed by atoms with Gasteiger partial charge in [0.15, 0.2) is 0 Å². The van der Waals surface area contributed by atoms with E-state index in [9.17, 15) is 0 Å². The molecule has 2 saturated heterocycles. The summed E-state index contributed by atoms with van der Waals surface area (Å²) in [7, 11) is 0. The van der Waals surface area contributed by atoms with Crippen LogP contribution in [0.25, 0.3) is 0 Å². The molecule has 9 heavy (non-hydrogen) atoms. The summed E-state index contributed by atoms with van der Waals surface area (Å²) >= 11 is 0. The summed E-state index contributed by atoms with van der Waals surface area (Å²) in [6.07, 6.45) is 1.19. The summed E-state index contributed by atoms with van der Waals surface area (Å²) in [6.45, 7) is 3.23. The van der Waals surface area contributed by atoms with Crippen LogP contribution in [-0.4, -0.2) is 35.5 Å². The van der Waals surface area contributed by atoms with Crippen LogP contribution in [-0.2, 0) is 0 Å². The molecule has 2 fully saturated rings. The zero-order valence-electron chi connectivity index (χ0n) is 5.25.